The Kier molecular flexibility index (Phi) is 11.0. The van der Waals surface area contributed by atoms with Gasteiger partial charge in [0.05, 0.1) is 6.17 Å². The van der Waals surface area contributed by atoms with Gasteiger partial charge in [0.2, 0.25) is 0 Å². The summed E-state index contributed by atoms with van der Waals surface area (Å²) in [7, 11) is 0. The summed E-state index contributed by atoms with van der Waals surface area (Å²) in [5, 5.41) is 8.17. The summed E-state index contributed by atoms with van der Waals surface area (Å²) in [5.41, 5.74) is 14.8. The fourth-order valence-electron chi connectivity index (χ4n) is 13.7. The average molecular weight is 854 g/mol. The van der Waals surface area contributed by atoms with E-state index in [0.29, 0.717) is 41.5 Å². The van der Waals surface area contributed by atoms with Crippen molar-refractivity contribution < 1.29 is 0 Å². The van der Waals surface area contributed by atoms with Gasteiger partial charge in [-0.3, -0.25) is 5.32 Å². The van der Waals surface area contributed by atoms with Crippen LogP contribution in [0.3, 0.4) is 0 Å². The Balaban J connectivity index is 0.949. The Morgan fingerprint density at radius 2 is 1.66 bits per heavy atom. The average Bonchev–Trinajstić information content (AvgIpc) is 3.37. The molecular formula is C62H67N3. The molecule has 11 unspecified atom stereocenters. The molecule has 2 heterocycles. The number of rotatable bonds is 8. The molecule has 11 aliphatic rings. The van der Waals surface area contributed by atoms with Crippen LogP contribution >= 0.6 is 0 Å². The molecule has 1 fully saturated rings. The van der Waals surface area contributed by atoms with E-state index in [0.717, 1.165) is 44.9 Å². The SMILES string of the molecule is CC12C=C(C3CC(N4C(C5=CCCC=C5)NC4C4C=CC=CC4)=CC=C3C3=CC(C4=CC(C5CC=CCC5)NC(C5=CC=CCC5)=C4)CCC3)C=CC1C1C=CC=CC1c1ccccc12. The fraction of sp³-hybridized carbons (Fsp3) is 0.387. The van der Waals surface area contributed by atoms with E-state index in [2.05, 4.69) is 193 Å². The molecule has 0 bridgehead atoms. The number of allylic oxidation sites excluding steroid dienone is 27. The van der Waals surface area contributed by atoms with Crippen LogP contribution in [0.5, 0.6) is 0 Å². The van der Waals surface area contributed by atoms with Gasteiger partial charge in [0.25, 0.3) is 0 Å². The molecular weight excluding hydrogens is 787 g/mol. The maximum absolute atomic E-state index is 4.09. The quantitative estimate of drug-likeness (QED) is 0.255. The number of dihydropyridines is 1. The van der Waals surface area contributed by atoms with Crippen LogP contribution in [-0.4, -0.2) is 23.3 Å². The molecule has 1 aromatic carbocycles. The summed E-state index contributed by atoms with van der Waals surface area (Å²) in [5.74, 6) is 3.07. The van der Waals surface area contributed by atoms with Crippen molar-refractivity contribution in [2.75, 3.05) is 0 Å². The summed E-state index contributed by atoms with van der Waals surface area (Å²) < 4.78 is 0. The minimum atomic E-state index is -0.0962. The number of nitrogens with zero attached hydrogens (tertiary/aromatic N) is 1. The molecule has 2 aliphatic heterocycles. The third kappa shape index (κ3) is 7.56. The molecule has 330 valence electrons. The van der Waals surface area contributed by atoms with Crippen LogP contribution in [0.15, 0.2) is 215 Å². The van der Waals surface area contributed by atoms with Crippen LogP contribution in [0.4, 0.5) is 0 Å². The Morgan fingerprint density at radius 1 is 0.723 bits per heavy atom. The van der Waals surface area contributed by atoms with Crippen molar-refractivity contribution in [1.29, 1.82) is 0 Å². The van der Waals surface area contributed by atoms with Crippen molar-refractivity contribution >= 4 is 0 Å². The summed E-state index contributed by atoms with van der Waals surface area (Å²) in [6.45, 7) is 2.56. The number of hydrogen-bond donors (Lipinski definition) is 2. The van der Waals surface area contributed by atoms with Gasteiger partial charge in [0, 0.05) is 46.5 Å². The van der Waals surface area contributed by atoms with E-state index < -0.39 is 0 Å². The molecule has 0 radical (unpaired) electrons. The van der Waals surface area contributed by atoms with Gasteiger partial charge in [-0.2, -0.15) is 0 Å². The number of nitrogens with one attached hydrogen (secondary N) is 2. The van der Waals surface area contributed by atoms with Crippen LogP contribution in [0.25, 0.3) is 0 Å². The molecule has 9 aliphatic carbocycles. The van der Waals surface area contributed by atoms with E-state index in [4.69, 9.17) is 0 Å². The largest absolute Gasteiger partial charge is 0.378 e. The highest BCUT2D eigenvalue weighted by Crippen LogP contribution is 2.56. The summed E-state index contributed by atoms with van der Waals surface area (Å²) in [6.07, 6.45) is 73.1. The number of benzene rings is 1. The molecule has 12 rings (SSSR count). The first-order valence-corrected chi connectivity index (χ1v) is 25.5. The predicted octanol–water partition coefficient (Wildman–Crippen LogP) is 13.8. The smallest absolute Gasteiger partial charge is 0.108 e. The molecule has 0 aromatic heterocycles. The third-order valence-corrected chi connectivity index (χ3v) is 17.1. The lowest BCUT2D eigenvalue weighted by molar-refractivity contribution is -0.000504. The molecule has 0 amide bonds. The van der Waals surface area contributed by atoms with Crippen LogP contribution in [0.1, 0.15) is 101 Å². The fourth-order valence-corrected chi connectivity index (χ4v) is 13.7. The lowest BCUT2D eigenvalue weighted by Gasteiger charge is -2.56. The minimum absolute atomic E-state index is 0.0962. The molecule has 3 heteroatoms. The first-order valence-electron chi connectivity index (χ1n) is 25.5. The van der Waals surface area contributed by atoms with Crippen molar-refractivity contribution in [2.24, 2.45) is 35.5 Å². The molecule has 1 saturated heterocycles. The van der Waals surface area contributed by atoms with E-state index in [1.54, 1.807) is 11.1 Å². The summed E-state index contributed by atoms with van der Waals surface area (Å²) in [6, 6.07) is 9.77. The van der Waals surface area contributed by atoms with E-state index in [-0.39, 0.29) is 23.7 Å². The van der Waals surface area contributed by atoms with Gasteiger partial charge in [-0.1, -0.05) is 165 Å². The van der Waals surface area contributed by atoms with Gasteiger partial charge >= 0.3 is 0 Å². The third-order valence-electron chi connectivity index (χ3n) is 17.1. The maximum Gasteiger partial charge on any atom is 0.108 e. The van der Waals surface area contributed by atoms with Gasteiger partial charge in [-0.05, 0) is 152 Å². The summed E-state index contributed by atoms with van der Waals surface area (Å²) in [4.78, 5) is 2.78. The van der Waals surface area contributed by atoms with Crippen LogP contribution in [0.2, 0.25) is 0 Å². The predicted molar refractivity (Wildman–Crippen MR) is 270 cm³/mol. The Labute approximate surface area is 389 Å². The van der Waals surface area contributed by atoms with Gasteiger partial charge in [-0.15, -0.1) is 0 Å². The highest BCUT2D eigenvalue weighted by molar-refractivity contribution is 5.57. The van der Waals surface area contributed by atoms with E-state index in [1.807, 2.05) is 0 Å². The standard InChI is InChI=1S/C62H67N3/c1-62-41-48(33-36-57(62)54-30-15-14-29-52(54)53-31-16-17-32-56(53)62)55-40-50(65-60(44-23-10-4-11-24-44)64-61(65)45-25-12-5-13-26-45)34-35-51(55)47-28-18-27-46(37-47)49-38-58(42-19-6-2-7-20-42)63-59(39-49)43-21-8-3-9-22-43/h2-4,6,8,10-12,14-17,19,23,25-26,29-39,41,43-44,46,52,54-55,57,59-61,63-64H,5,7,9,13,18,20-22,24,27-28,40H2,1H3. The second-order valence-corrected chi connectivity index (χ2v) is 20.9. The first kappa shape index (κ1) is 41.1. The molecule has 11 atom stereocenters. The normalized spacial score (nSPS) is 36.6. The molecule has 0 saturated carbocycles. The maximum atomic E-state index is 4.09. The zero-order chi connectivity index (χ0) is 43.3. The topological polar surface area (TPSA) is 27.3 Å². The van der Waals surface area contributed by atoms with Gasteiger partial charge < -0.3 is 10.2 Å². The van der Waals surface area contributed by atoms with Gasteiger partial charge in [0.15, 0.2) is 0 Å². The monoisotopic (exact) mass is 854 g/mol. The Morgan fingerprint density at radius 3 is 2.52 bits per heavy atom. The molecule has 1 aromatic rings. The van der Waals surface area contributed by atoms with Crippen LogP contribution < -0.4 is 10.6 Å². The van der Waals surface area contributed by atoms with Crippen molar-refractivity contribution in [2.45, 2.75) is 114 Å². The Bertz CT molecular complexity index is 2600. The molecule has 65 heavy (non-hydrogen) atoms. The number of fused-ring (bicyclic) bond motifs is 6. The summed E-state index contributed by atoms with van der Waals surface area (Å²) >= 11 is 0. The first-order chi connectivity index (χ1) is 32.1. The van der Waals surface area contributed by atoms with Gasteiger partial charge in [-0.25, -0.2) is 0 Å². The number of hydrogen-bond acceptors (Lipinski definition) is 3. The second-order valence-electron chi connectivity index (χ2n) is 20.9. The lowest BCUT2D eigenvalue weighted by atomic mass is 9.53. The van der Waals surface area contributed by atoms with Crippen molar-refractivity contribution in [3.63, 3.8) is 0 Å². The minimum Gasteiger partial charge on any atom is -0.378 e. The van der Waals surface area contributed by atoms with Crippen molar-refractivity contribution in [3.05, 3.63) is 226 Å². The van der Waals surface area contributed by atoms with Crippen molar-refractivity contribution in [1.82, 2.24) is 15.5 Å². The highest BCUT2D eigenvalue weighted by atomic mass is 15.5. The van der Waals surface area contributed by atoms with Gasteiger partial charge in [0.1, 0.15) is 6.17 Å². The van der Waals surface area contributed by atoms with E-state index in [1.165, 1.54) is 76.9 Å². The zero-order valence-electron chi connectivity index (χ0n) is 38.4. The highest BCUT2D eigenvalue weighted by Gasteiger charge is 2.49. The van der Waals surface area contributed by atoms with Crippen LogP contribution in [-0.2, 0) is 5.41 Å². The second kappa shape index (κ2) is 17.4. The van der Waals surface area contributed by atoms with E-state index in [9.17, 15) is 0 Å². The van der Waals surface area contributed by atoms with Crippen molar-refractivity contribution in [3.8, 4) is 0 Å². The molecule has 3 nitrogen and oxygen atoms in total. The van der Waals surface area contributed by atoms with E-state index >= 15 is 0 Å². The Hall–Kier alpha value is -5.38. The zero-order valence-corrected chi connectivity index (χ0v) is 38.4. The lowest BCUT2D eigenvalue weighted by Crippen LogP contribution is -2.71. The van der Waals surface area contributed by atoms with Crippen LogP contribution in [0, 0.1) is 35.5 Å². The molecule has 2 N–H and O–H groups in total. The molecule has 0 spiro atoms.